The first-order valence-corrected chi connectivity index (χ1v) is 11.3. The van der Waals surface area contributed by atoms with Crippen LogP contribution in [-0.2, 0) is 0 Å². The molecule has 0 aliphatic heterocycles. The van der Waals surface area contributed by atoms with E-state index in [-0.39, 0.29) is 5.91 Å². The Kier molecular flexibility index (Phi) is 6.90. The molecule has 0 saturated carbocycles. The molecule has 4 rings (SSSR count). The molecule has 3 aromatic carbocycles. The van der Waals surface area contributed by atoms with Crippen molar-refractivity contribution >= 4 is 33.6 Å². The van der Waals surface area contributed by atoms with Crippen LogP contribution in [0.2, 0.25) is 0 Å². The number of anilines is 2. The third kappa shape index (κ3) is 5.70. The molecule has 1 heterocycles. The maximum atomic E-state index is 13.2. The Morgan fingerprint density at radius 3 is 2.36 bits per heavy atom. The first-order valence-electron chi connectivity index (χ1n) is 10.5. The lowest BCUT2D eigenvalue weighted by Gasteiger charge is -2.05. The van der Waals surface area contributed by atoms with Gasteiger partial charge < -0.3 is 5.32 Å². The Balaban J connectivity index is 1.54. The van der Waals surface area contributed by atoms with Gasteiger partial charge in [-0.25, -0.2) is 9.37 Å². The van der Waals surface area contributed by atoms with Crippen LogP contribution in [0.15, 0.2) is 84.0 Å². The molecule has 5 nitrogen and oxygen atoms in total. The number of thiazole rings is 1. The molecule has 1 aromatic heterocycles. The van der Waals surface area contributed by atoms with E-state index in [0.717, 1.165) is 11.1 Å². The van der Waals surface area contributed by atoms with E-state index in [1.165, 1.54) is 41.2 Å². The van der Waals surface area contributed by atoms with Gasteiger partial charge in [-0.3, -0.25) is 10.2 Å². The standard InChI is InChI=1S/C26H23FN4OS/c1-17(2)19-10-8-18(9-11-19)16-28-31-26-29-23(20-6-4-3-5-7-20)25(33-26)30-24(32)21-12-14-22(27)15-13-21/h3-17H,1-2H3,(H,29,31)(H,30,32)/b28-16-. The smallest absolute Gasteiger partial charge is 0.256 e. The second-order valence-electron chi connectivity index (χ2n) is 7.72. The highest BCUT2D eigenvalue weighted by Gasteiger charge is 2.16. The number of aromatic nitrogens is 1. The largest absolute Gasteiger partial charge is 0.312 e. The molecule has 0 saturated heterocycles. The Morgan fingerprint density at radius 1 is 1.00 bits per heavy atom. The van der Waals surface area contributed by atoms with Crippen LogP contribution in [0.1, 0.15) is 41.3 Å². The molecule has 0 radical (unpaired) electrons. The Hall–Kier alpha value is -3.84. The van der Waals surface area contributed by atoms with Gasteiger partial charge in [0.2, 0.25) is 5.13 Å². The van der Waals surface area contributed by atoms with Crippen molar-refractivity contribution in [3.63, 3.8) is 0 Å². The number of hydrogen-bond donors (Lipinski definition) is 2. The summed E-state index contributed by atoms with van der Waals surface area (Å²) in [5, 5.41) is 8.31. The second kappa shape index (κ2) is 10.2. The van der Waals surface area contributed by atoms with E-state index in [0.29, 0.717) is 27.3 Å². The van der Waals surface area contributed by atoms with Gasteiger partial charge >= 0.3 is 0 Å². The van der Waals surface area contributed by atoms with Crippen LogP contribution in [0, 0.1) is 5.82 Å². The van der Waals surface area contributed by atoms with Crippen LogP contribution in [0.25, 0.3) is 11.3 Å². The summed E-state index contributed by atoms with van der Waals surface area (Å²) in [7, 11) is 0. The lowest BCUT2D eigenvalue weighted by molar-refractivity contribution is 0.102. The summed E-state index contributed by atoms with van der Waals surface area (Å²) < 4.78 is 13.2. The summed E-state index contributed by atoms with van der Waals surface area (Å²) in [6.07, 6.45) is 1.73. The minimum atomic E-state index is -0.391. The van der Waals surface area contributed by atoms with Gasteiger partial charge in [0.1, 0.15) is 16.5 Å². The van der Waals surface area contributed by atoms with Crippen molar-refractivity contribution in [3.05, 3.63) is 101 Å². The highest BCUT2D eigenvalue weighted by Crippen LogP contribution is 2.36. The molecule has 0 aliphatic rings. The predicted molar refractivity (Wildman–Crippen MR) is 134 cm³/mol. The van der Waals surface area contributed by atoms with Crippen molar-refractivity contribution in [2.24, 2.45) is 5.10 Å². The molecule has 0 spiro atoms. The van der Waals surface area contributed by atoms with Gasteiger partial charge in [-0.2, -0.15) is 5.10 Å². The van der Waals surface area contributed by atoms with E-state index in [1.54, 1.807) is 6.21 Å². The molecule has 0 fully saturated rings. The fraction of sp³-hybridized carbons (Fsp3) is 0.115. The molecule has 0 aliphatic carbocycles. The van der Waals surface area contributed by atoms with E-state index in [4.69, 9.17) is 0 Å². The van der Waals surface area contributed by atoms with Crippen molar-refractivity contribution in [1.82, 2.24) is 4.98 Å². The maximum absolute atomic E-state index is 13.2. The summed E-state index contributed by atoms with van der Waals surface area (Å²) in [4.78, 5) is 17.3. The van der Waals surface area contributed by atoms with Crippen LogP contribution in [-0.4, -0.2) is 17.1 Å². The molecular formula is C26H23FN4OS. The average molecular weight is 459 g/mol. The number of hydrazone groups is 1. The van der Waals surface area contributed by atoms with E-state index < -0.39 is 5.82 Å². The van der Waals surface area contributed by atoms with Gasteiger partial charge in [-0.15, -0.1) is 0 Å². The van der Waals surface area contributed by atoms with E-state index >= 15 is 0 Å². The number of amides is 1. The van der Waals surface area contributed by atoms with Gasteiger partial charge in [-0.05, 0) is 41.3 Å². The summed E-state index contributed by atoms with van der Waals surface area (Å²) in [6, 6.07) is 23.2. The van der Waals surface area contributed by atoms with Crippen molar-refractivity contribution in [1.29, 1.82) is 0 Å². The molecule has 7 heteroatoms. The molecule has 1 amide bonds. The first-order chi connectivity index (χ1) is 16.0. The monoisotopic (exact) mass is 458 g/mol. The average Bonchev–Trinajstić information content (AvgIpc) is 3.22. The summed E-state index contributed by atoms with van der Waals surface area (Å²) in [5.74, 6) is -0.252. The van der Waals surface area contributed by atoms with Gasteiger partial charge in [0, 0.05) is 11.1 Å². The second-order valence-corrected chi connectivity index (χ2v) is 8.71. The molecule has 0 atom stereocenters. The lowest BCUT2D eigenvalue weighted by Crippen LogP contribution is -2.11. The number of carbonyl (C=O) groups is 1. The minimum Gasteiger partial charge on any atom is -0.312 e. The van der Waals surface area contributed by atoms with Crippen molar-refractivity contribution in [2.45, 2.75) is 19.8 Å². The number of benzene rings is 3. The van der Waals surface area contributed by atoms with Gasteiger partial charge in [-0.1, -0.05) is 79.8 Å². The third-order valence-electron chi connectivity index (χ3n) is 4.98. The van der Waals surface area contributed by atoms with Gasteiger partial charge in [0.15, 0.2) is 0 Å². The van der Waals surface area contributed by atoms with E-state index in [2.05, 4.69) is 46.8 Å². The van der Waals surface area contributed by atoms with Crippen molar-refractivity contribution in [3.8, 4) is 11.3 Å². The Labute approximate surface area is 196 Å². The molecule has 4 aromatic rings. The highest BCUT2D eigenvalue weighted by molar-refractivity contribution is 7.20. The van der Waals surface area contributed by atoms with Crippen LogP contribution < -0.4 is 10.7 Å². The fourth-order valence-electron chi connectivity index (χ4n) is 3.15. The summed E-state index contributed by atoms with van der Waals surface area (Å²) in [5.41, 5.74) is 7.06. The first kappa shape index (κ1) is 22.4. The van der Waals surface area contributed by atoms with E-state index in [1.807, 2.05) is 42.5 Å². The van der Waals surface area contributed by atoms with Crippen molar-refractivity contribution < 1.29 is 9.18 Å². The van der Waals surface area contributed by atoms with Crippen LogP contribution in [0.4, 0.5) is 14.5 Å². The number of halogens is 1. The normalized spacial score (nSPS) is 11.2. The SMILES string of the molecule is CC(C)c1ccc(/C=N\Nc2nc(-c3ccccc3)c(NC(=O)c3ccc(F)cc3)s2)cc1. The van der Waals surface area contributed by atoms with Crippen molar-refractivity contribution in [2.75, 3.05) is 10.7 Å². The van der Waals surface area contributed by atoms with Crippen LogP contribution in [0.5, 0.6) is 0 Å². The number of hydrogen-bond acceptors (Lipinski definition) is 5. The topological polar surface area (TPSA) is 66.4 Å². The number of carbonyl (C=O) groups excluding carboxylic acids is 1. The molecule has 0 unspecified atom stereocenters. The number of nitrogens with one attached hydrogen (secondary N) is 2. The number of rotatable bonds is 7. The van der Waals surface area contributed by atoms with E-state index in [9.17, 15) is 9.18 Å². The zero-order valence-electron chi connectivity index (χ0n) is 18.2. The molecule has 2 N–H and O–H groups in total. The molecule has 166 valence electrons. The lowest BCUT2D eigenvalue weighted by atomic mass is 10.0. The van der Waals surface area contributed by atoms with Crippen LogP contribution in [0.3, 0.4) is 0 Å². The quantitative estimate of drug-likeness (QED) is 0.237. The van der Waals surface area contributed by atoms with Crippen LogP contribution >= 0.6 is 11.3 Å². The molecule has 33 heavy (non-hydrogen) atoms. The maximum Gasteiger partial charge on any atom is 0.256 e. The summed E-state index contributed by atoms with van der Waals surface area (Å²) in [6.45, 7) is 4.31. The number of nitrogens with zero attached hydrogens (tertiary/aromatic N) is 2. The summed E-state index contributed by atoms with van der Waals surface area (Å²) >= 11 is 1.28. The van der Waals surface area contributed by atoms with Gasteiger partial charge in [0.25, 0.3) is 5.91 Å². The Bertz CT molecular complexity index is 1250. The van der Waals surface area contributed by atoms with Gasteiger partial charge in [0.05, 0.1) is 6.21 Å². The molecule has 0 bridgehead atoms. The minimum absolute atomic E-state index is 0.337. The zero-order valence-corrected chi connectivity index (χ0v) is 19.1. The predicted octanol–water partition coefficient (Wildman–Crippen LogP) is 6.77. The molecular weight excluding hydrogens is 435 g/mol. The Morgan fingerprint density at radius 2 is 1.70 bits per heavy atom. The zero-order chi connectivity index (χ0) is 23.2. The highest BCUT2D eigenvalue weighted by atomic mass is 32.1. The third-order valence-corrected chi connectivity index (χ3v) is 5.86. The fourth-order valence-corrected chi connectivity index (χ4v) is 3.98.